The maximum absolute atomic E-state index is 12.4. The number of H-pyrrole nitrogens is 1. The number of nitrogens with two attached hydrogens (primary N) is 1. The third-order valence-corrected chi connectivity index (χ3v) is 3.98. The fourth-order valence-electron chi connectivity index (χ4n) is 2.45. The van der Waals surface area contributed by atoms with Gasteiger partial charge in [-0.05, 0) is 30.2 Å². The second-order valence-electron chi connectivity index (χ2n) is 4.96. The van der Waals surface area contributed by atoms with Crippen LogP contribution in [0.15, 0.2) is 47.3 Å². The van der Waals surface area contributed by atoms with Crippen molar-refractivity contribution in [2.75, 3.05) is 5.73 Å². The van der Waals surface area contributed by atoms with Crippen molar-refractivity contribution in [3.05, 3.63) is 63.3 Å². The predicted molar refractivity (Wildman–Crippen MR) is 88.8 cm³/mol. The first kappa shape index (κ1) is 13.7. The summed E-state index contributed by atoms with van der Waals surface area (Å²) in [6.07, 6.45) is 0.907. The van der Waals surface area contributed by atoms with Gasteiger partial charge in [-0.3, -0.25) is 4.79 Å². The molecule has 106 valence electrons. The summed E-state index contributed by atoms with van der Waals surface area (Å²) in [5, 5.41) is 1.16. The average molecular weight is 299 g/mol. The van der Waals surface area contributed by atoms with Gasteiger partial charge in [-0.1, -0.05) is 42.8 Å². The minimum atomic E-state index is -0.165. The quantitative estimate of drug-likeness (QED) is 0.751. The van der Waals surface area contributed by atoms with Crippen LogP contribution in [0.1, 0.15) is 12.5 Å². The molecule has 2 aromatic carbocycles. The maximum atomic E-state index is 12.4. The summed E-state index contributed by atoms with van der Waals surface area (Å²) >= 11 is 6.22. The summed E-state index contributed by atoms with van der Waals surface area (Å²) in [6.45, 7) is 2.07. The van der Waals surface area contributed by atoms with Gasteiger partial charge in [0.1, 0.15) is 5.69 Å². The Balaban J connectivity index is 2.36. The molecule has 0 saturated carbocycles. The summed E-state index contributed by atoms with van der Waals surface area (Å²) in [5.74, 6) is 0. The molecule has 21 heavy (non-hydrogen) atoms. The monoisotopic (exact) mass is 298 g/mol. The highest BCUT2D eigenvalue weighted by Gasteiger charge is 2.13. The lowest BCUT2D eigenvalue weighted by Crippen LogP contribution is -2.12. The van der Waals surface area contributed by atoms with E-state index in [1.807, 2.05) is 36.4 Å². The molecule has 3 N–H and O–H groups in total. The van der Waals surface area contributed by atoms with Crippen LogP contribution in [-0.4, -0.2) is 4.98 Å². The molecule has 0 aliphatic rings. The molecule has 0 atom stereocenters. The molecular formula is C17H15ClN2O. The van der Waals surface area contributed by atoms with Gasteiger partial charge in [0.2, 0.25) is 5.43 Å². The number of pyridine rings is 1. The Kier molecular flexibility index (Phi) is 3.43. The highest BCUT2D eigenvalue weighted by molar-refractivity contribution is 6.33. The van der Waals surface area contributed by atoms with Crippen LogP contribution in [0.4, 0.5) is 5.69 Å². The number of nitrogens with one attached hydrogen (secondary N) is 1. The fourth-order valence-corrected chi connectivity index (χ4v) is 2.68. The van der Waals surface area contributed by atoms with E-state index in [4.69, 9.17) is 17.3 Å². The van der Waals surface area contributed by atoms with Gasteiger partial charge in [0.05, 0.1) is 11.2 Å². The Morgan fingerprint density at radius 1 is 1.19 bits per heavy atom. The summed E-state index contributed by atoms with van der Waals surface area (Å²) in [4.78, 5) is 15.7. The second-order valence-corrected chi connectivity index (χ2v) is 5.36. The number of rotatable bonds is 2. The number of fused-ring (bicyclic) bond motifs is 1. The topological polar surface area (TPSA) is 58.9 Å². The molecule has 3 nitrogen and oxygen atoms in total. The standard InChI is InChI=1S/C17H15ClN2O/c1-2-10-7-8-12-14(9-10)20-16(15(19)17(12)21)11-5-3-4-6-13(11)18/h3-9H,2,19H2,1H3,(H,20,21). The van der Waals surface area contributed by atoms with Crippen molar-refractivity contribution < 1.29 is 0 Å². The van der Waals surface area contributed by atoms with Crippen molar-refractivity contribution in [2.24, 2.45) is 0 Å². The third-order valence-electron chi connectivity index (χ3n) is 3.65. The number of hydrogen-bond donors (Lipinski definition) is 2. The van der Waals surface area contributed by atoms with E-state index in [0.29, 0.717) is 16.1 Å². The summed E-state index contributed by atoms with van der Waals surface area (Å²) in [7, 11) is 0. The van der Waals surface area contributed by atoms with Gasteiger partial charge in [0, 0.05) is 16.0 Å². The predicted octanol–water partition coefficient (Wildman–Crippen LogP) is 3.99. The van der Waals surface area contributed by atoms with E-state index in [0.717, 1.165) is 23.1 Å². The van der Waals surface area contributed by atoms with Gasteiger partial charge in [0.25, 0.3) is 0 Å². The smallest absolute Gasteiger partial charge is 0.212 e. The van der Waals surface area contributed by atoms with E-state index in [1.54, 1.807) is 6.07 Å². The van der Waals surface area contributed by atoms with Gasteiger partial charge in [-0.2, -0.15) is 0 Å². The third kappa shape index (κ3) is 2.30. The van der Waals surface area contributed by atoms with Crippen LogP contribution in [0, 0.1) is 0 Å². The molecule has 1 aromatic heterocycles. The van der Waals surface area contributed by atoms with E-state index in [-0.39, 0.29) is 11.1 Å². The van der Waals surface area contributed by atoms with Gasteiger partial charge in [-0.15, -0.1) is 0 Å². The van der Waals surface area contributed by atoms with Crippen molar-refractivity contribution in [1.82, 2.24) is 4.98 Å². The number of anilines is 1. The Hall–Kier alpha value is -2.26. The van der Waals surface area contributed by atoms with Crippen molar-refractivity contribution in [3.8, 4) is 11.3 Å². The first-order chi connectivity index (χ1) is 10.1. The zero-order valence-corrected chi connectivity index (χ0v) is 12.4. The van der Waals surface area contributed by atoms with Crippen LogP contribution in [0.25, 0.3) is 22.2 Å². The van der Waals surface area contributed by atoms with Gasteiger partial charge < -0.3 is 10.7 Å². The molecule has 4 heteroatoms. The molecule has 1 heterocycles. The first-order valence-corrected chi connectivity index (χ1v) is 7.19. The first-order valence-electron chi connectivity index (χ1n) is 6.81. The highest BCUT2D eigenvalue weighted by Crippen LogP contribution is 2.30. The Morgan fingerprint density at radius 2 is 1.95 bits per heavy atom. The number of halogens is 1. The summed E-state index contributed by atoms with van der Waals surface area (Å²) < 4.78 is 0. The van der Waals surface area contributed by atoms with Gasteiger partial charge in [0.15, 0.2) is 0 Å². The zero-order chi connectivity index (χ0) is 15.0. The van der Waals surface area contributed by atoms with Crippen molar-refractivity contribution in [2.45, 2.75) is 13.3 Å². The molecule has 0 aliphatic carbocycles. The lowest BCUT2D eigenvalue weighted by atomic mass is 10.0. The highest BCUT2D eigenvalue weighted by atomic mass is 35.5. The zero-order valence-electron chi connectivity index (χ0n) is 11.6. The number of aromatic nitrogens is 1. The molecule has 3 aromatic rings. The molecule has 0 bridgehead atoms. The fraction of sp³-hybridized carbons (Fsp3) is 0.118. The van der Waals surface area contributed by atoms with E-state index in [2.05, 4.69) is 11.9 Å². The Bertz CT molecular complexity index is 884. The van der Waals surface area contributed by atoms with Crippen LogP contribution < -0.4 is 11.2 Å². The lowest BCUT2D eigenvalue weighted by Gasteiger charge is -2.10. The molecule has 0 unspecified atom stereocenters. The molecule has 0 radical (unpaired) electrons. The summed E-state index contributed by atoms with van der Waals surface area (Å²) in [5.41, 5.74) is 9.30. The van der Waals surface area contributed by atoms with Crippen LogP contribution in [0.2, 0.25) is 5.02 Å². The average Bonchev–Trinajstić information content (AvgIpc) is 2.51. The molecule has 3 rings (SSSR count). The largest absolute Gasteiger partial charge is 0.394 e. The van der Waals surface area contributed by atoms with Crippen molar-refractivity contribution in [3.63, 3.8) is 0 Å². The molecule has 0 saturated heterocycles. The number of aromatic amines is 1. The number of hydrogen-bond acceptors (Lipinski definition) is 2. The molecule has 0 spiro atoms. The molecule has 0 fully saturated rings. The minimum Gasteiger partial charge on any atom is -0.394 e. The van der Waals surface area contributed by atoms with E-state index >= 15 is 0 Å². The number of benzene rings is 2. The second kappa shape index (κ2) is 5.26. The van der Waals surface area contributed by atoms with E-state index in [9.17, 15) is 4.79 Å². The molecule has 0 aliphatic heterocycles. The lowest BCUT2D eigenvalue weighted by molar-refractivity contribution is 1.14. The minimum absolute atomic E-state index is 0.165. The van der Waals surface area contributed by atoms with Crippen LogP contribution >= 0.6 is 11.6 Å². The van der Waals surface area contributed by atoms with Crippen LogP contribution in [-0.2, 0) is 6.42 Å². The van der Waals surface area contributed by atoms with Gasteiger partial charge in [-0.25, -0.2) is 0 Å². The van der Waals surface area contributed by atoms with Crippen LogP contribution in [0.5, 0.6) is 0 Å². The maximum Gasteiger partial charge on any atom is 0.212 e. The Morgan fingerprint density at radius 3 is 2.67 bits per heavy atom. The van der Waals surface area contributed by atoms with Crippen molar-refractivity contribution >= 4 is 28.2 Å². The number of nitrogen functional groups attached to an aromatic ring is 1. The SMILES string of the molecule is CCc1ccc2c(=O)c(N)c(-c3ccccc3Cl)[nH]c2c1. The van der Waals surface area contributed by atoms with E-state index < -0.39 is 0 Å². The molecule has 0 amide bonds. The van der Waals surface area contributed by atoms with Crippen LogP contribution in [0.3, 0.4) is 0 Å². The van der Waals surface area contributed by atoms with Crippen molar-refractivity contribution in [1.29, 1.82) is 0 Å². The summed E-state index contributed by atoms with van der Waals surface area (Å²) in [6, 6.07) is 13.1. The Labute approximate surface area is 127 Å². The van der Waals surface area contributed by atoms with E-state index in [1.165, 1.54) is 0 Å². The van der Waals surface area contributed by atoms with Gasteiger partial charge >= 0.3 is 0 Å². The number of aryl methyl sites for hydroxylation is 1. The molecular weight excluding hydrogens is 284 g/mol. The normalized spacial score (nSPS) is 11.0.